The van der Waals surface area contributed by atoms with Gasteiger partial charge in [0.05, 0.1) is 55.5 Å². The van der Waals surface area contributed by atoms with E-state index in [9.17, 15) is 21.9 Å². The van der Waals surface area contributed by atoms with Crippen molar-refractivity contribution in [2.45, 2.75) is 85.5 Å². The summed E-state index contributed by atoms with van der Waals surface area (Å²) in [6.07, 6.45) is 0. The van der Waals surface area contributed by atoms with Crippen molar-refractivity contribution in [2.75, 3.05) is 9.80 Å². The summed E-state index contributed by atoms with van der Waals surface area (Å²) >= 11 is 0. The van der Waals surface area contributed by atoms with Crippen LogP contribution in [0.3, 0.4) is 0 Å². The third-order valence-electron chi connectivity index (χ3n) is 11.8. The summed E-state index contributed by atoms with van der Waals surface area (Å²) in [6.45, 7) is 15.9. The molecule has 0 radical (unpaired) electrons. The first-order valence-corrected chi connectivity index (χ1v) is 20.0. The van der Waals surface area contributed by atoms with Crippen LogP contribution in [0.4, 0.5) is 34.1 Å². The molecule has 294 valence electrons. The van der Waals surface area contributed by atoms with E-state index in [4.69, 9.17) is 9.90 Å². The topological polar surface area (TPSA) is 24.6 Å². The number of fused-ring (bicyclic) bond motifs is 12. The van der Waals surface area contributed by atoms with Crippen LogP contribution in [0.1, 0.15) is 112 Å². The molecule has 0 saturated carbocycles. The smallest absolute Gasteiger partial charge is 0.252 e. The Bertz CT molecular complexity index is 4520. The Morgan fingerprint density at radius 2 is 1.18 bits per heavy atom. The van der Waals surface area contributed by atoms with E-state index in [0.29, 0.717) is 0 Å². The highest BCUT2D eigenvalue weighted by Crippen LogP contribution is 2.54. The first kappa shape index (κ1) is 20.9. The van der Waals surface area contributed by atoms with Crippen molar-refractivity contribution < 1.29 is 31.8 Å². The van der Waals surface area contributed by atoms with Gasteiger partial charge in [-0.1, -0.05) is 111 Å². The number of hydrogen-bond donors (Lipinski definition) is 0. The third-order valence-corrected chi connectivity index (χ3v) is 11.8. The fourth-order valence-electron chi connectivity index (χ4n) is 8.84. The lowest BCUT2D eigenvalue weighted by Crippen LogP contribution is -2.62. The second kappa shape index (κ2) is 11.5. The summed E-state index contributed by atoms with van der Waals surface area (Å²) in [5.74, 6) is 0. The van der Waals surface area contributed by atoms with Crippen LogP contribution >= 0.6 is 0 Å². The predicted molar refractivity (Wildman–Crippen MR) is 256 cm³/mol. The second-order valence-electron chi connectivity index (χ2n) is 19.1. The van der Waals surface area contributed by atoms with Gasteiger partial charge in [-0.2, -0.15) is 0 Å². The summed E-state index contributed by atoms with van der Waals surface area (Å²) in [4.78, 5) is 2.64. The van der Waals surface area contributed by atoms with Crippen molar-refractivity contribution in [3.63, 3.8) is 0 Å². The highest BCUT2D eigenvalue weighted by molar-refractivity contribution is 7.00. The molecule has 9 aromatic rings. The number of para-hydroxylation sites is 2. The maximum atomic E-state index is 10.4. The minimum Gasteiger partial charge on any atom is -0.456 e. The van der Waals surface area contributed by atoms with Crippen molar-refractivity contribution in [3.8, 4) is 5.69 Å². The van der Waals surface area contributed by atoms with Gasteiger partial charge in [0.15, 0.2) is 0 Å². The molecule has 0 atom stereocenters. The molecule has 3 aliphatic rings. The molecule has 0 N–H and O–H groups in total. The zero-order chi connectivity index (χ0) is 58.8. The molecule has 3 aliphatic heterocycles. The molecule has 5 heterocycles. The maximum Gasteiger partial charge on any atom is 0.252 e. The van der Waals surface area contributed by atoms with E-state index in [1.54, 1.807) is 62.3 Å². The number of benzene rings is 7. The van der Waals surface area contributed by atoms with Crippen LogP contribution in [0.25, 0.3) is 49.4 Å². The highest BCUT2D eigenvalue weighted by atomic mass is 16.3. The van der Waals surface area contributed by atoms with Crippen molar-refractivity contribution in [1.29, 1.82) is 0 Å². The third kappa shape index (κ3) is 4.75. The zero-order valence-corrected chi connectivity index (χ0v) is 34.8. The zero-order valence-electron chi connectivity index (χ0n) is 54.8. The van der Waals surface area contributed by atoms with Crippen LogP contribution in [0.2, 0.25) is 0 Å². The Labute approximate surface area is 381 Å². The summed E-state index contributed by atoms with van der Waals surface area (Å²) in [5.41, 5.74) is -5.21. The van der Waals surface area contributed by atoms with Gasteiger partial charge in [-0.15, -0.1) is 0 Å². The largest absolute Gasteiger partial charge is 0.456 e. The van der Waals surface area contributed by atoms with Crippen LogP contribution in [-0.2, 0) is 16.2 Å². The van der Waals surface area contributed by atoms with Crippen LogP contribution < -0.4 is 26.2 Å². The van der Waals surface area contributed by atoms with E-state index in [-0.39, 0.29) is 148 Å². The minimum absolute atomic E-state index is 0.0283. The molecule has 0 aliphatic carbocycles. The van der Waals surface area contributed by atoms with E-state index in [1.807, 2.05) is 0 Å². The molecule has 0 bridgehead atoms. The fraction of sp³-hybridized carbons (Fsp3) is 0.236. The molecule has 0 unspecified atom stereocenters. The maximum absolute atomic E-state index is 10.4. The fourth-order valence-corrected chi connectivity index (χ4v) is 8.84. The lowest BCUT2D eigenvalue weighted by atomic mass is 9.33. The molecule has 5 heteroatoms. The average molecular weight is 800 g/mol. The molecule has 60 heavy (non-hydrogen) atoms. The summed E-state index contributed by atoms with van der Waals surface area (Å²) in [6, 6.07) is -9.84. The summed E-state index contributed by atoms with van der Waals surface area (Å²) in [7, 11) is 0. The Morgan fingerprint density at radius 3 is 1.95 bits per heavy atom. The first-order valence-electron chi connectivity index (χ1n) is 30.0. The Morgan fingerprint density at radius 1 is 0.500 bits per heavy atom. The molecule has 0 spiro atoms. The van der Waals surface area contributed by atoms with Crippen molar-refractivity contribution in [2.24, 2.45) is 0 Å². The molecule has 4 nitrogen and oxygen atoms in total. The Balaban J connectivity index is 1.37. The van der Waals surface area contributed by atoms with E-state index in [0.717, 1.165) is 4.90 Å². The van der Waals surface area contributed by atoms with Gasteiger partial charge in [-0.25, -0.2) is 0 Å². The van der Waals surface area contributed by atoms with Gasteiger partial charge in [0.2, 0.25) is 0 Å². The number of aromatic nitrogens is 1. The van der Waals surface area contributed by atoms with Gasteiger partial charge < -0.3 is 18.8 Å². The first-order chi connectivity index (χ1) is 37.0. The number of nitrogens with zero attached hydrogens (tertiary/aromatic N) is 3. The van der Waals surface area contributed by atoms with E-state index in [2.05, 4.69) is 0 Å². The second-order valence-corrected chi connectivity index (χ2v) is 19.1. The van der Waals surface area contributed by atoms with Crippen LogP contribution in [0.5, 0.6) is 0 Å². The van der Waals surface area contributed by atoms with Crippen LogP contribution in [-0.4, -0.2) is 11.3 Å². The number of furan rings is 1. The molecular formula is C55H50BN3O. The number of hydrogen-bond acceptors (Lipinski definition) is 3. The highest BCUT2D eigenvalue weighted by Gasteiger charge is 2.46. The molecule has 12 rings (SSSR count). The van der Waals surface area contributed by atoms with Crippen molar-refractivity contribution in [1.82, 2.24) is 4.57 Å². The van der Waals surface area contributed by atoms with Crippen molar-refractivity contribution in [3.05, 3.63) is 143 Å². The average Bonchev–Trinajstić information content (AvgIpc) is 3.97. The quantitative estimate of drug-likeness (QED) is 0.155. The lowest BCUT2D eigenvalue weighted by Gasteiger charge is -2.46. The number of anilines is 6. The monoisotopic (exact) mass is 800 g/mol. The lowest BCUT2D eigenvalue weighted by molar-refractivity contribution is 0.590. The SMILES string of the molecule is [2H]c1c([2H])c2c3c(c1[2H])-n1c4c([2H])c([2H])c(C(C)(C)C)c([2H])c4c4c([2H])c(C(C)(C)C)c([2H])c(c41)N3c1c([2H])c(C)c([2H])c3c1B2c1c([2H])c(C(C)(C)C)c([2H])c([2H])c1N3c1c([2H])c([2H])c2c(oc3c([2H])c([2H])c([2H])c([2H])c32)c1[2H]. The minimum atomic E-state index is -1.55. The van der Waals surface area contributed by atoms with Crippen LogP contribution in [0, 0.1) is 6.92 Å². The van der Waals surface area contributed by atoms with Gasteiger partial charge in [0, 0.05) is 50.3 Å². The van der Waals surface area contributed by atoms with Gasteiger partial charge >= 0.3 is 0 Å². The molecule has 7 aromatic carbocycles. The van der Waals surface area contributed by atoms with Gasteiger partial charge in [0.25, 0.3) is 6.71 Å². The molecule has 0 fully saturated rings. The van der Waals surface area contributed by atoms with Gasteiger partial charge in [-0.05, 0) is 128 Å². The normalized spacial score (nSPS) is 19.1. The molecule has 2 aromatic heterocycles. The van der Waals surface area contributed by atoms with E-state index < -0.39 is 118 Å². The number of rotatable bonds is 1. The van der Waals surface area contributed by atoms with Gasteiger partial charge in [-0.3, -0.25) is 0 Å². The molecule has 0 saturated heterocycles. The Kier molecular flexibility index (Phi) is 4.01. The summed E-state index contributed by atoms with van der Waals surface area (Å²) < 4.78 is 201. The standard InChI is InChI=1S/C55H50BN3O/c1-31-24-45-50-46(25-31)59-47-29-34(55(8,9)10)27-39-38-26-32(53(2,3)4)18-22-42(38)58(51(39)47)44-16-13-15-40(52(44)59)56(50)41-28-33(54(5,6)7)19-23-43(41)57(45)35-20-21-37-36-14-11-12-17-48(36)60-49(37)30-35/h11-30H,1-10H3/i11D,12D,13D,14D,15D,16D,17D,18D,19D,20D,21D,22D,23D,24D,25D,26D,27D,28D,29D,30D. The van der Waals surface area contributed by atoms with Crippen LogP contribution in [0.15, 0.2) is 125 Å². The predicted octanol–water partition coefficient (Wildman–Crippen LogP) is 13.3. The van der Waals surface area contributed by atoms with Gasteiger partial charge in [0.1, 0.15) is 11.2 Å². The molecular weight excluding hydrogens is 729 g/mol. The Hall–Kier alpha value is -6.20. The van der Waals surface area contributed by atoms with E-state index >= 15 is 0 Å². The van der Waals surface area contributed by atoms with Crippen molar-refractivity contribution >= 4 is 101 Å². The molecule has 0 amide bonds. The van der Waals surface area contributed by atoms with E-state index in [1.165, 1.54) is 16.4 Å². The summed E-state index contributed by atoms with van der Waals surface area (Å²) in [5, 5.41) is -0.403.